The van der Waals surface area contributed by atoms with E-state index < -0.39 is 0 Å². The molecule has 0 unspecified atom stereocenters. The van der Waals surface area contributed by atoms with Crippen LogP contribution in [0.25, 0.3) is 0 Å². The smallest absolute Gasteiger partial charge is 0.174 e. The highest BCUT2D eigenvalue weighted by Crippen LogP contribution is 2.27. The first-order valence-corrected chi connectivity index (χ1v) is 9.05. The van der Waals surface area contributed by atoms with E-state index in [4.69, 9.17) is 28.6 Å². The van der Waals surface area contributed by atoms with Crippen LogP contribution in [0, 0.1) is 6.92 Å². The van der Waals surface area contributed by atoms with Crippen LogP contribution in [0.5, 0.6) is 0 Å². The van der Waals surface area contributed by atoms with Gasteiger partial charge in [0.05, 0.1) is 23.4 Å². The van der Waals surface area contributed by atoms with Gasteiger partial charge >= 0.3 is 0 Å². The molecule has 1 N–H and O–H groups in total. The highest BCUT2D eigenvalue weighted by molar-refractivity contribution is 7.80. The van der Waals surface area contributed by atoms with Crippen LogP contribution in [0.2, 0.25) is 5.02 Å². The number of benzene rings is 1. The van der Waals surface area contributed by atoms with Gasteiger partial charge in [-0.15, -0.1) is 11.3 Å². The number of methoxy groups -OCH3 is 1. The van der Waals surface area contributed by atoms with Crippen molar-refractivity contribution in [3.8, 4) is 0 Å². The zero-order chi connectivity index (χ0) is 16.8. The summed E-state index contributed by atoms with van der Waals surface area (Å²) in [6.45, 7) is 5.48. The number of halogens is 1. The number of hydrogen-bond donors (Lipinski definition) is 1. The normalized spacial score (nSPS) is 12.0. The first-order chi connectivity index (χ1) is 11.0. The van der Waals surface area contributed by atoms with E-state index in [2.05, 4.69) is 34.7 Å². The Morgan fingerprint density at radius 3 is 2.83 bits per heavy atom. The Balaban J connectivity index is 2.15. The van der Waals surface area contributed by atoms with Crippen LogP contribution in [0.1, 0.15) is 23.4 Å². The highest BCUT2D eigenvalue weighted by Gasteiger charge is 2.20. The lowest BCUT2D eigenvalue weighted by atomic mass is 10.2. The standard InChI is InChI=1S/C17H21ClN2OS2/c1-12-6-7-15(14(18)11-12)19-17(22)20(8-9-21-3)13(2)16-5-4-10-23-16/h4-7,10-11,13H,8-9H2,1-3H3,(H,19,22)/t13-/m1/s1. The molecule has 0 fully saturated rings. The SMILES string of the molecule is COCCN(C(=S)Nc1ccc(C)cc1Cl)[C@H](C)c1cccs1. The number of hydrogen-bond acceptors (Lipinski definition) is 3. The molecule has 1 aromatic carbocycles. The van der Waals surface area contributed by atoms with Gasteiger partial charge in [-0.1, -0.05) is 23.7 Å². The third-order valence-corrected chi connectivity index (χ3v) is 5.28. The third-order valence-electron chi connectivity index (χ3n) is 3.59. The van der Waals surface area contributed by atoms with Crippen molar-refractivity contribution in [2.24, 2.45) is 0 Å². The number of thiophene rings is 1. The highest BCUT2D eigenvalue weighted by atomic mass is 35.5. The lowest BCUT2D eigenvalue weighted by molar-refractivity contribution is 0.166. The van der Waals surface area contributed by atoms with Crippen LogP contribution in [-0.2, 0) is 4.74 Å². The number of rotatable bonds is 6. The van der Waals surface area contributed by atoms with Crippen molar-refractivity contribution in [3.63, 3.8) is 0 Å². The maximum atomic E-state index is 6.30. The summed E-state index contributed by atoms with van der Waals surface area (Å²) in [4.78, 5) is 3.39. The molecule has 0 amide bonds. The summed E-state index contributed by atoms with van der Waals surface area (Å²) < 4.78 is 5.23. The van der Waals surface area contributed by atoms with Crippen molar-refractivity contribution in [2.75, 3.05) is 25.6 Å². The van der Waals surface area contributed by atoms with Crippen molar-refractivity contribution in [1.82, 2.24) is 4.90 Å². The molecule has 3 nitrogen and oxygen atoms in total. The summed E-state index contributed by atoms with van der Waals surface area (Å²) in [5, 5.41) is 6.66. The molecule has 0 radical (unpaired) electrons. The number of ether oxygens (including phenoxy) is 1. The molecule has 0 saturated carbocycles. The molecular formula is C17H21ClN2OS2. The quantitative estimate of drug-likeness (QED) is 0.715. The molecule has 0 aliphatic rings. The second kappa shape index (κ2) is 8.64. The predicted molar refractivity (Wildman–Crippen MR) is 104 cm³/mol. The molecular weight excluding hydrogens is 348 g/mol. The summed E-state index contributed by atoms with van der Waals surface area (Å²) in [7, 11) is 1.70. The fourth-order valence-corrected chi connectivity index (χ4v) is 3.69. The van der Waals surface area contributed by atoms with Gasteiger partial charge in [-0.05, 0) is 55.2 Å². The molecule has 124 valence electrons. The van der Waals surface area contributed by atoms with E-state index in [1.54, 1.807) is 18.4 Å². The lowest BCUT2D eigenvalue weighted by Crippen LogP contribution is -2.38. The minimum Gasteiger partial charge on any atom is -0.383 e. The maximum absolute atomic E-state index is 6.30. The van der Waals surface area contributed by atoms with Gasteiger partial charge in [-0.2, -0.15) is 0 Å². The van der Waals surface area contributed by atoms with Crippen LogP contribution in [0.3, 0.4) is 0 Å². The van der Waals surface area contributed by atoms with E-state index in [0.29, 0.717) is 23.3 Å². The molecule has 2 aromatic rings. The Kier molecular flexibility index (Phi) is 6.84. The van der Waals surface area contributed by atoms with E-state index >= 15 is 0 Å². The summed E-state index contributed by atoms with van der Waals surface area (Å²) in [5.74, 6) is 0. The van der Waals surface area contributed by atoms with Crippen LogP contribution >= 0.6 is 35.2 Å². The molecule has 1 aromatic heterocycles. The van der Waals surface area contributed by atoms with Gasteiger partial charge in [-0.3, -0.25) is 0 Å². The molecule has 0 saturated heterocycles. The Morgan fingerprint density at radius 2 is 2.22 bits per heavy atom. The van der Waals surface area contributed by atoms with Crippen molar-refractivity contribution in [2.45, 2.75) is 19.9 Å². The molecule has 6 heteroatoms. The van der Waals surface area contributed by atoms with Gasteiger partial charge in [0.2, 0.25) is 0 Å². The molecule has 0 aliphatic carbocycles. The average molecular weight is 369 g/mol. The first kappa shape index (κ1) is 18.2. The zero-order valence-corrected chi connectivity index (χ0v) is 15.9. The Hall–Kier alpha value is -1.14. The average Bonchev–Trinajstić information content (AvgIpc) is 3.04. The molecule has 0 aliphatic heterocycles. The summed E-state index contributed by atoms with van der Waals surface area (Å²) >= 11 is 13.6. The topological polar surface area (TPSA) is 24.5 Å². The fourth-order valence-electron chi connectivity index (χ4n) is 2.25. The summed E-state index contributed by atoms with van der Waals surface area (Å²) in [6, 6.07) is 10.2. The number of aryl methyl sites for hydroxylation is 1. The number of thiocarbonyl (C=S) groups is 1. The molecule has 23 heavy (non-hydrogen) atoms. The van der Waals surface area contributed by atoms with E-state index in [1.807, 2.05) is 25.1 Å². The van der Waals surface area contributed by atoms with Crippen LogP contribution in [0.4, 0.5) is 5.69 Å². The van der Waals surface area contributed by atoms with Gasteiger partial charge in [-0.25, -0.2) is 0 Å². The largest absolute Gasteiger partial charge is 0.383 e. The third kappa shape index (κ3) is 4.91. The van der Waals surface area contributed by atoms with Gasteiger partial charge in [0.1, 0.15) is 0 Å². The van der Waals surface area contributed by atoms with Crippen molar-refractivity contribution >= 4 is 46.0 Å². The minimum absolute atomic E-state index is 0.175. The second-order valence-corrected chi connectivity index (χ2v) is 7.06. The number of nitrogens with zero attached hydrogens (tertiary/aromatic N) is 1. The van der Waals surface area contributed by atoms with Crippen LogP contribution in [-0.4, -0.2) is 30.3 Å². The van der Waals surface area contributed by atoms with E-state index in [1.165, 1.54) is 4.88 Å². The lowest BCUT2D eigenvalue weighted by Gasteiger charge is -2.31. The number of anilines is 1. The van der Waals surface area contributed by atoms with Crippen LogP contribution < -0.4 is 5.32 Å². The van der Waals surface area contributed by atoms with Gasteiger partial charge in [0, 0.05) is 18.5 Å². The first-order valence-electron chi connectivity index (χ1n) is 7.39. The second-order valence-electron chi connectivity index (χ2n) is 5.29. The van der Waals surface area contributed by atoms with Crippen LogP contribution in [0.15, 0.2) is 35.7 Å². The molecule has 0 bridgehead atoms. The number of nitrogens with one attached hydrogen (secondary N) is 1. The van der Waals surface area contributed by atoms with E-state index in [-0.39, 0.29) is 6.04 Å². The van der Waals surface area contributed by atoms with Crippen molar-refractivity contribution < 1.29 is 4.74 Å². The monoisotopic (exact) mass is 368 g/mol. The molecule has 1 heterocycles. The minimum atomic E-state index is 0.175. The molecule has 0 spiro atoms. The van der Waals surface area contributed by atoms with Gasteiger partial charge < -0.3 is 15.0 Å². The molecule has 1 atom stereocenters. The Bertz CT molecular complexity index is 646. The van der Waals surface area contributed by atoms with Crippen molar-refractivity contribution in [3.05, 3.63) is 51.2 Å². The van der Waals surface area contributed by atoms with E-state index in [0.717, 1.165) is 11.3 Å². The van der Waals surface area contributed by atoms with Gasteiger partial charge in [0.25, 0.3) is 0 Å². The van der Waals surface area contributed by atoms with Crippen molar-refractivity contribution in [1.29, 1.82) is 0 Å². The predicted octanol–water partition coefficient (Wildman–Crippen LogP) is 5.12. The fraction of sp³-hybridized carbons (Fsp3) is 0.353. The summed E-state index contributed by atoms with van der Waals surface area (Å²) in [6.07, 6.45) is 0. The van der Waals surface area contributed by atoms with Gasteiger partial charge in [0.15, 0.2) is 5.11 Å². The zero-order valence-electron chi connectivity index (χ0n) is 13.5. The van der Waals surface area contributed by atoms with E-state index in [9.17, 15) is 0 Å². The Morgan fingerprint density at radius 1 is 1.43 bits per heavy atom. The molecule has 2 rings (SSSR count). The summed E-state index contributed by atoms with van der Waals surface area (Å²) in [5.41, 5.74) is 1.94. The Labute approximate surface area is 152 Å². The maximum Gasteiger partial charge on any atom is 0.174 e.